The Balaban J connectivity index is 1.29. The van der Waals surface area contributed by atoms with E-state index in [0.29, 0.717) is 12.8 Å². The number of hydrogen-bond acceptors (Lipinski definition) is 18. The van der Waals surface area contributed by atoms with Crippen molar-refractivity contribution in [1.29, 1.82) is 0 Å². The Bertz CT molecular complexity index is 2060. The van der Waals surface area contributed by atoms with Crippen LogP contribution < -0.4 is 5.32 Å². The highest BCUT2D eigenvalue weighted by Crippen LogP contribution is 2.34. The van der Waals surface area contributed by atoms with Crippen LogP contribution in [0.25, 0.3) is 0 Å². The molecular formula is C93H179NO18. The molecule has 0 radical (unpaired) electrons. The van der Waals surface area contributed by atoms with Gasteiger partial charge in [0.2, 0.25) is 5.91 Å². The molecule has 0 aromatic heterocycles. The van der Waals surface area contributed by atoms with Crippen molar-refractivity contribution in [1.82, 2.24) is 5.32 Å². The minimum Gasteiger partial charge on any atom is -0.394 e. The average Bonchev–Trinajstić information content (AvgIpc) is 0.781. The normalized spacial score (nSPS) is 24.9. The SMILES string of the molecule is CCCCCCCCCC/C=C\CCCCCCCCCCCCCCCCCCCCCCCCCCCC(=O)NC(COC1OC(CO)C(OC2OC(CO)C(OC3OC(CO)C(O)C(O)C3O)C(O)C2O)C(O)C1O)C(O)CCCCCCCCCCCCCCCCCCCCCCCCCCCCCCCC. The lowest BCUT2D eigenvalue weighted by Crippen LogP contribution is -2.66. The molecule has 3 aliphatic rings. The molecule has 0 aliphatic carbocycles. The second-order valence-electron chi connectivity index (χ2n) is 34.5. The van der Waals surface area contributed by atoms with Crippen molar-refractivity contribution in [2.45, 2.75) is 548 Å². The fourth-order valence-electron chi connectivity index (χ4n) is 16.7. The van der Waals surface area contributed by atoms with Gasteiger partial charge in [0.25, 0.3) is 0 Å². The Labute approximate surface area is 684 Å². The Kier molecular flexibility index (Phi) is 68.7. The Hall–Kier alpha value is -1.47. The number of ether oxygens (including phenoxy) is 6. The summed E-state index contributed by atoms with van der Waals surface area (Å²) >= 11 is 0. The molecule has 12 N–H and O–H groups in total. The molecule has 17 unspecified atom stereocenters. The molecule has 19 nitrogen and oxygen atoms in total. The predicted octanol–water partition coefficient (Wildman–Crippen LogP) is 19.0. The van der Waals surface area contributed by atoms with Crippen LogP contribution in [0.4, 0.5) is 0 Å². The first-order valence-corrected chi connectivity index (χ1v) is 47.9. The Morgan fingerprint density at radius 1 is 0.312 bits per heavy atom. The monoisotopic (exact) mass is 1600 g/mol. The number of rotatable bonds is 80. The van der Waals surface area contributed by atoms with E-state index < -0.39 is 124 Å². The summed E-state index contributed by atoms with van der Waals surface area (Å²) in [7, 11) is 0. The third kappa shape index (κ3) is 51.2. The molecule has 112 heavy (non-hydrogen) atoms. The van der Waals surface area contributed by atoms with Crippen molar-refractivity contribution in [2.75, 3.05) is 26.4 Å². The van der Waals surface area contributed by atoms with Gasteiger partial charge in [-0.15, -0.1) is 0 Å². The zero-order chi connectivity index (χ0) is 81.0. The quantitative estimate of drug-likeness (QED) is 0.0199. The summed E-state index contributed by atoms with van der Waals surface area (Å²) in [6.07, 6.45) is 64.9. The van der Waals surface area contributed by atoms with Gasteiger partial charge < -0.3 is 89.9 Å². The molecule has 0 saturated carbocycles. The molecule has 17 atom stereocenters. The van der Waals surface area contributed by atoms with Crippen molar-refractivity contribution in [3.63, 3.8) is 0 Å². The van der Waals surface area contributed by atoms with E-state index in [1.165, 1.54) is 366 Å². The molecular weight excluding hydrogens is 1420 g/mol. The molecule has 0 aromatic rings. The van der Waals surface area contributed by atoms with Gasteiger partial charge in [0, 0.05) is 6.42 Å². The highest BCUT2D eigenvalue weighted by molar-refractivity contribution is 5.76. The predicted molar refractivity (Wildman–Crippen MR) is 453 cm³/mol. The Morgan fingerprint density at radius 2 is 0.562 bits per heavy atom. The number of carbonyl (C=O) groups excluding carboxylic acids is 1. The molecule has 3 heterocycles. The van der Waals surface area contributed by atoms with Crippen LogP contribution in [0.5, 0.6) is 0 Å². The first-order chi connectivity index (χ1) is 54.8. The van der Waals surface area contributed by atoms with Gasteiger partial charge in [-0.2, -0.15) is 0 Å². The summed E-state index contributed by atoms with van der Waals surface area (Å²) < 4.78 is 34.6. The summed E-state index contributed by atoms with van der Waals surface area (Å²) in [6.45, 7) is 1.89. The molecule has 0 bridgehead atoms. The molecule has 664 valence electrons. The molecule has 0 aromatic carbocycles. The third-order valence-corrected chi connectivity index (χ3v) is 24.3. The lowest BCUT2D eigenvalue weighted by Gasteiger charge is -2.48. The summed E-state index contributed by atoms with van der Waals surface area (Å²) in [5.74, 6) is -0.231. The molecule has 3 aliphatic heterocycles. The zero-order valence-electron chi connectivity index (χ0n) is 72.0. The number of allylic oxidation sites excluding steroid dienone is 2. The smallest absolute Gasteiger partial charge is 0.220 e. The van der Waals surface area contributed by atoms with Crippen molar-refractivity contribution in [2.24, 2.45) is 0 Å². The third-order valence-electron chi connectivity index (χ3n) is 24.3. The van der Waals surface area contributed by atoms with Crippen LogP contribution in [0.15, 0.2) is 12.2 Å². The lowest BCUT2D eigenvalue weighted by atomic mass is 9.96. The van der Waals surface area contributed by atoms with Crippen LogP contribution in [-0.2, 0) is 33.2 Å². The number of unbranched alkanes of at least 4 members (excludes halogenated alkanes) is 62. The first kappa shape index (κ1) is 105. The minimum atomic E-state index is -1.97. The summed E-state index contributed by atoms with van der Waals surface area (Å²) in [4.78, 5) is 13.6. The number of nitrogens with one attached hydrogen (secondary N) is 1. The van der Waals surface area contributed by atoms with Gasteiger partial charge in [0.05, 0.1) is 38.6 Å². The van der Waals surface area contributed by atoms with Crippen molar-refractivity contribution in [3.8, 4) is 0 Å². The van der Waals surface area contributed by atoms with Gasteiger partial charge in [-0.1, -0.05) is 411 Å². The van der Waals surface area contributed by atoms with E-state index in [-0.39, 0.29) is 18.9 Å². The van der Waals surface area contributed by atoms with Gasteiger partial charge in [-0.05, 0) is 38.5 Å². The number of carbonyl (C=O) groups is 1. The molecule has 1 amide bonds. The Morgan fingerprint density at radius 3 is 0.866 bits per heavy atom. The average molecular weight is 1600 g/mol. The lowest BCUT2D eigenvalue weighted by molar-refractivity contribution is -0.379. The maximum absolute atomic E-state index is 13.6. The summed E-state index contributed by atoms with van der Waals surface area (Å²) in [5, 5.41) is 121. The van der Waals surface area contributed by atoms with E-state index in [4.69, 9.17) is 28.4 Å². The van der Waals surface area contributed by atoms with Crippen molar-refractivity contribution >= 4 is 5.91 Å². The van der Waals surface area contributed by atoms with Crippen LogP contribution in [-0.4, -0.2) is 193 Å². The summed E-state index contributed by atoms with van der Waals surface area (Å²) in [5.41, 5.74) is 0. The largest absolute Gasteiger partial charge is 0.394 e. The van der Waals surface area contributed by atoms with Gasteiger partial charge in [-0.3, -0.25) is 4.79 Å². The van der Waals surface area contributed by atoms with E-state index >= 15 is 0 Å². The van der Waals surface area contributed by atoms with Gasteiger partial charge in [0.15, 0.2) is 18.9 Å². The van der Waals surface area contributed by atoms with Gasteiger partial charge in [0.1, 0.15) is 73.2 Å². The van der Waals surface area contributed by atoms with Crippen LogP contribution in [0.1, 0.15) is 444 Å². The second-order valence-corrected chi connectivity index (χ2v) is 34.5. The van der Waals surface area contributed by atoms with Crippen LogP contribution in [0.2, 0.25) is 0 Å². The zero-order valence-corrected chi connectivity index (χ0v) is 72.0. The number of aliphatic hydroxyl groups is 11. The highest BCUT2D eigenvalue weighted by Gasteiger charge is 2.54. The molecule has 3 fully saturated rings. The van der Waals surface area contributed by atoms with Crippen LogP contribution in [0, 0.1) is 0 Å². The van der Waals surface area contributed by atoms with Crippen molar-refractivity contribution < 1.29 is 89.4 Å². The van der Waals surface area contributed by atoms with E-state index in [9.17, 15) is 61.0 Å². The van der Waals surface area contributed by atoms with Crippen LogP contribution in [0.3, 0.4) is 0 Å². The fraction of sp³-hybridized carbons (Fsp3) is 0.968. The standard InChI is InChI=1S/C93H179NO18/c1-3-5-7-9-11-13-15-17-19-21-23-25-27-29-31-33-35-36-37-38-39-40-41-43-45-47-49-51-53-55-57-59-61-63-65-67-69-71-81(99)94-76(77(98)70-68-66-64-62-60-58-56-54-52-50-48-46-44-42-34-32-30-28-26-24-22-20-18-16-14-12-10-8-6-4-2)75-107-91-87(105)84(102)89(79(73-96)109-91)112-93-88(106)85(103)90(80(74-97)110-93)111-92-86(104)83(101)82(100)78(72-95)108-92/h21,23,76-80,82-93,95-98,100-106H,3-20,22,24-75H2,1-2H3,(H,94,99)/b23-21-. The number of hydrogen-bond donors (Lipinski definition) is 12. The maximum Gasteiger partial charge on any atom is 0.220 e. The van der Waals surface area contributed by atoms with E-state index in [1.807, 2.05) is 0 Å². The molecule has 19 heteroatoms. The van der Waals surface area contributed by atoms with E-state index in [0.717, 1.165) is 44.9 Å². The molecule has 3 saturated heterocycles. The summed E-state index contributed by atoms with van der Waals surface area (Å²) in [6, 6.07) is -0.886. The van der Waals surface area contributed by atoms with E-state index in [1.54, 1.807) is 0 Å². The number of amides is 1. The molecule has 0 spiro atoms. The first-order valence-electron chi connectivity index (χ1n) is 47.9. The maximum atomic E-state index is 13.6. The highest BCUT2D eigenvalue weighted by atomic mass is 16.8. The van der Waals surface area contributed by atoms with E-state index in [2.05, 4.69) is 31.3 Å². The van der Waals surface area contributed by atoms with Crippen LogP contribution >= 0.6 is 0 Å². The fourth-order valence-corrected chi connectivity index (χ4v) is 16.7. The van der Waals surface area contributed by atoms with Gasteiger partial charge in [-0.25, -0.2) is 0 Å². The molecule has 3 rings (SSSR count). The number of aliphatic hydroxyl groups excluding tert-OH is 11. The van der Waals surface area contributed by atoms with Gasteiger partial charge >= 0.3 is 0 Å². The second kappa shape index (κ2) is 73.5. The minimum absolute atomic E-state index is 0.231. The van der Waals surface area contributed by atoms with Crippen molar-refractivity contribution in [3.05, 3.63) is 12.2 Å². The topological polar surface area (TPSA) is 307 Å².